The molecule has 0 fully saturated rings. The van der Waals surface area contributed by atoms with Crippen molar-refractivity contribution in [2.45, 2.75) is 0 Å². The quantitative estimate of drug-likeness (QED) is 0.851. The summed E-state index contributed by atoms with van der Waals surface area (Å²) in [7, 11) is 4.71. The minimum atomic E-state index is -0.372. The van der Waals surface area contributed by atoms with E-state index in [-0.39, 0.29) is 6.03 Å². The molecule has 126 valence electrons. The number of amides is 2. The molecule has 0 bridgehead atoms. The van der Waals surface area contributed by atoms with Crippen molar-refractivity contribution in [3.05, 3.63) is 54.2 Å². The number of hydrogen-bond donors (Lipinski definition) is 2. The number of hydrogen-bond acceptors (Lipinski definition) is 4. The van der Waals surface area contributed by atoms with Gasteiger partial charge in [0.1, 0.15) is 17.2 Å². The standard InChI is InChI=1S/C18H20N2O4/c1-22-14-6-4-13(5-7-14)10-11-19-18(21)20-16-9-8-15(23-2)12-17(16)24-3/h4-12H,1-3H3,(H2,19,20,21)/b11-10+. The largest absolute Gasteiger partial charge is 0.497 e. The lowest BCUT2D eigenvalue weighted by atomic mass is 10.2. The highest BCUT2D eigenvalue weighted by Crippen LogP contribution is 2.28. The summed E-state index contributed by atoms with van der Waals surface area (Å²) >= 11 is 0. The third-order valence-electron chi connectivity index (χ3n) is 3.26. The molecule has 2 aromatic rings. The number of anilines is 1. The van der Waals surface area contributed by atoms with E-state index in [1.54, 1.807) is 44.7 Å². The monoisotopic (exact) mass is 328 g/mol. The molecule has 2 aromatic carbocycles. The van der Waals surface area contributed by atoms with Crippen molar-refractivity contribution in [2.75, 3.05) is 26.6 Å². The van der Waals surface area contributed by atoms with Gasteiger partial charge in [0, 0.05) is 12.3 Å². The maximum atomic E-state index is 11.9. The van der Waals surface area contributed by atoms with Gasteiger partial charge >= 0.3 is 6.03 Å². The molecule has 0 aliphatic rings. The van der Waals surface area contributed by atoms with Gasteiger partial charge in [-0.2, -0.15) is 0 Å². The first-order valence-corrected chi connectivity index (χ1v) is 7.26. The Labute approximate surface area is 141 Å². The van der Waals surface area contributed by atoms with Gasteiger partial charge in [-0.25, -0.2) is 4.79 Å². The number of carbonyl (C=O) groups excluding carboxylic acids is 1. The van der Waals surface area contributed by atoms with E-state index in [0.29, 0.717) is 17.2 Å². The fraction of sp³-hybridized carbons (Fsp3) is 0.167. The molecule has 0 saturated carbocycles. The van der Waals surface area contributed by atoms with E-state index in [1.165, 1.54) is 7.11 Å². The van der Waals surface area contributed by atoms with Crippen molar-refractivity contribution >= 4 is 17.8 Å². The highest BCUT2D eigenvalue weighted by Gasteiger charge is 2.07. The van der Waals surface area contributed by atoms with Crippen molar-refractivity contribution in [1.82, 2.24) is 5.32 Å². The molecular weight excluding hydrogens is 308 g/mol. The summed E-state index contributed by atoms with van der Waals surface area (Å²) in [4.78, 5) is 11.9. The third kappa shape index (κ3) is 4.67. The Kier molecular flexibility index (Phi) is 6.08. The van der Waals surface area contributed by atoms with Crippen LogP contribution in [0, 0.1) is 0 Å². The van der Waals surface area contributed by atoms with Crippen molar-refractivity contribution in [3.63, 3.8) is 0 Å². The van der Waals surface area contributed by atoms with Crippen molar-refractivity contribution in [3.8, 4) is 17.2 Å². The Morgan fingerprint density at radius 1 is 0.917 bits per heavy atom. The molecule has 6 heteroatoms. The molecule has 6 nitrogen and oxygen atoms in total. The zero-order valence-electron chi connectivity index (χ0n) is 13.8. The first kappa shape index (κ1) is 17.2. The number of rotatable bonds is 6. The summed E-state index contributed by atoms with van der Waals surface area (Å²) < 4.78 is 15.4. The molecule has 0 atom stereocenters. The van der Waals surface area contributed by atoms with Crippen LogP contribution >= 0.6 is 0 Å². The Hall–Kier alpha value is -3.15. The van der Waals surface area contributed by atoms with Gasteiger partial charge in [0.25, 0.3) is 0 Å². The molecular formula is C18H20N2O4. The lowest BCUT2D eigenvalue weighted by molar-refractivity contribution is 0.255. The van der Waals surface area contributed by atoms with Gasteiger partial charge in [-0.3, -0.25) is 0 Å². The molecule has 0 aromatic heterocycles. The van der Waals surface area contributed by atoms with E-state index >= 15 is 0 Å². The highest BCUT2D eigenvalue weighted by atomic mass is 16.5. The minimum absolute atomic E-state index is 0.372. The zero-order chi connectivity index (χ0) is 17.4. The van der Waals surface area contributed by atoms with Crippen LogP contribution in [0.25, 0.3) is 6.08 Å². The first-order valence-electron chi connectivity index (χ1n) is 7.26. The normalized spacial score (nSPS) is 10.3. The maximum Gasteiger partial charge on any atom is 0.323 e. The number of carbonyl (C=O) groups is 1. The van der Waals surface area contributed by atoms with E-state index in [4.69, 9.17) is 14.2 Å². The van der Waals surface area contributed by atoms with Crippen LogP contribution in [0.3, 0.4) is 0 Å². The van der Waals surface area contributed by atoms with E-state index in [2.05, 4.69) is 10.6 Å². The number of urea groups is 1. The topological polar surface area (TPSA) is 68.8 Å². The number of nitrogens with one attached hydrogen (secondary N) is 2. The van der Waals surface area contributed by atoms with Crippen molar-refractivity contribution in [1.29, 1.82) is 0 Å². The van der Waals surface area contributed by atoms with Gasteiger partial charge in [-0.15, -0.1) is 0 Å². The molecule has 0 radical (unpaired) electrons. The van der Waals surface area contributed by atoms with Gasteiger partial charge in [0.15, 0.2) is 0 Å². The number of ether oxygens (including phenoxy) is 3. The Morgan fingerprint density at radius 2 is 1.58 bits per heavy atom. The summed E-state index contributed by atoms with van der Waals surface area (Å²) in [5.74, 6) is 1.95. The van der Waals surface area contributed by atoms with Crippen LogP contribution < -0.4 is 24.8 Å². The Bertz CT molecular complexity index is 711. The van der Waals surface area contributed by atoms with Crippen LogP contribution in [-0.4, -0.2) is 27.4 Å². The molecule has 0 saturated heterocycles. The average molecular weight is 328 g/mol. The Balaban J connectivity index is 1.94. The number of methoxy groups -OCH3 is 3. The smallest absolute Gasteiger partial charge is 0.323 e. The molecule has 0 aliphatic carbocycles. The van der Waals surface area contributed by atoms with Crippen LogP contribution in [0.5, 0.6) is 17.2 Å². The summed E-state index contributed by atoms with van der Waals surface area (Å²) in [6, 6.07) is 12.3. The summed E-state index contributed by atoms with van der Waals surface area (Å²) in [6.45, 7) is 0. The fourth-order valence-electron chi connectivity index (χ4n) is 1.99. The zero-order valence-corrected chi connectivity index (χ0v) is 13.8. The van der Waals surface area contributed by atoms with Gasteiger partial charge < -0.3 is 24.8 Å². The van der Waals surface area contributed by atoms with Crippen LogP contribution in [-0.2, 0) is 0 Å². The maximum absolute atomic E-state index is 11.9. The van der Waals surface area contributed by atoms with Crippen molar-refractivity contribution < 1.29 is 19.0 Å². The molecule has 24 heavy (non-hydrogen) atoms. The van der Waals surface area contributed by atoms with Crippen LogP contribution in [0.4, 0.5) is 10.5 Å². The second-order valence-electron chi connectivity index (χ2n) is 4.77. The first-order chi connectivity index (χ1) is 11.7. The van der Waals surface area contributed by atoms with Crippen LogP contribution in [0.2, 0.25) is 0 Å². The molecule has 2 amide bonds. The minimum Gasteiger partial charge on any atom is -0.497 e. The molecule has 0 spiro atoms. The summed E-state index contributed by atoms with van der Waals surface area (Å²) in [5, 5.41) is 5.35. The SMILES string of the molecule is COc1ccc(/C=C/NC(=O)Nc2ccc(OC)cc2OC)cc1. The van der Waals surface area contributed by atoms with Gasteiger partial charge in [-0.1, -0.05) is 12.1 Å². The Morgan fingerprint density at radius 3 is 2.21 bits per heavy atom. The molecule has 0 aliphatic heterocycles. The third-order valence-corrected chi connectivity index (χ3v) is 3.26. The molecule has 2 rings (SSSR count). The average Bonchev–Trinajstić information content (AvgIpc) is 2.62. The fourth-order valence-corrected chi connectivity index (χ4v) is 1.99. The highest BCUT2D eigenvalue weighted by molar-refractivity contribution is 5.92. The van der Waals surface area contributed by atoms with Gasteiger partial charge in [0.05, 0.1) is 27.0 Å². The van der Waals surface area contributed by atoms with E-state index in [1.807, 2.05) is 24.3 Å². The second-order valence-corrected chi connectivity index (χ2v) is 4.77. The predicted octanol–water partition coefficient (Wildman–Crippen LogP) is 3.50. The second kappa shape index (κ2) is 8.47. The van der Waals surface area contributed by atoms with Crippen LogP contribution in [0.1, 0.15) is 5.56 Å². The number of benzene rings is 2. The lowest BCUT2D eigenvalue weighted by Crippen LogP contribution is -2.24. The van der Waals surface area contributed by atoms with Gasteiger partial charge in [0.2, 0.25) is 0 Å². The molecule has 0 unspecified atom stereocenters. The molecule has 2 N–H and O–H groups in total. The van der Waals surface area contributed by atoms with Crippen LogP contribution in [0.15, 0.2) is 48.7 Å². The predicted molar refractivity (Wildman–Crippen MR) is 93.7 cm³/mol. The summed E-state index contributed by atoms with van der Waals surface area (Å²) in [6.07, 6.45) is 3.34. The lowest BCUT2D eigenvalue weighted by Gasteiger charge is -2.11. The van der Waals surface area contributed by atoms with E-state index in [9.17, 15) is 4.79 Å². The van der Waals surface area contributed by atoms with E-state index < -0.39 is 0 Å². The van der Waals surface area contributed by atoms with Gasteiger partial charge in [-0.05, 0) is 35.9 Å². The van der Waals surface area contributed by atoms with E-state index in [0.717, 1.165) is 11.3 Å². The summed E-state index contributed by atoms with van der Waals surface area (Å²) in [5.41, 5.74) is 1.49. The molecule has 0 heterocycles. The van der Waals surface area contributed by atoms with Crippen molar-refractivity contribution in [2.24, 2.45) is 0 Å².